The van der Waals surface area contributed by atoms with E-state index in [0.29, 0.717) is 12.3 Å². The first-order valence-electron chi connectivity index (χ1n) is 7.69. The van der Waals surface area contributed by atoms with Crippen molar-refractivity contribution >= 4 is 11.9 Å². The second-order valence-electron chi connectivity index (χ2n) is 6.19. The first kappa shape index (κ1) is 14.2. The van der Waals surface area contributed by atoms with E-state index < -0.39 is 12.0 Å². The van der Waals surface area contributed by atoms with Crippen LogP contribution in [0.25, 0.3) is 0 Å². The van der Waals surface area contributed by atoms with Crippen molar-refractivity contribution in [3.8, 4) is 0 Å². The zero-order valence-electron chi connectivity index (χ0n) is 12.2. The van der Waals surface area contributed by atoms with Crippen molar-refractivity contribution in [2.45, 2.75) is 57.5 Å². The molecule has 2 heterocycles. The minimum absolute atomic E-state index is 0.0469. The number of amides is 1. The first-order valence-corrected chi connectivity index (χ1v) is 7.69. The molecule has 2 fully saturated rings. The average molecular weight is 291 g/mol. The van der Waals surface area contributed by atoms with Crippen LogP contribution in [0.3, 0.4) is 0 Å². The van der Waals surface area contributed by atoms with Crippen molar-refractivity contribution in [1.29, 1.82) is 0 Å². The molecule has 1 aromatic heterocycles. The molecule has 3 rings (SSSR count). The van der Waals surface area contributed by atoms with E-state index in [4.69, 9.17) is 4.42 Å². The number of aliphatic carboxylic acids is 1. The van der Waals surface area contributed by atoms with Gasteiger partial charge in [0.15, 0.2) is 5.76 Å². The number of aryl methyl sites for hydroxylation is 1. The number of fused-ring (bicyclic) bond motifs is 1. The Labute approximate surface area is 123 Å². The molecule has 21 heavy (non-hydrogen) atoms. The van der Waals surface area contributed by atoms with Crippen LogP contribution in [0.2, 0.25) is 0 Å². The van der Waals surface area contributed by atoms with E-state index in [0.717, 1.165) is 31.2 Å². The number of carbonyl (C=O) groups is 2. The lowest BCUT2D eigenvalue weighted by atomic mass is 9.76. The third kappa shape index (κ3) is 2.45. The molecule has 3 atom stereocenters. The fourth-order valence-electron chi connectivity index (χ4n) is 3.88. The van der Waals surface area contributed by atoms with Crippen LogP contribution in [0.4, 0.5) is 0 Å². The molecule has 0 bridgehead atoms. The molecule has 1 aliphatic heterocycles. The van der Waals surface area contributed by atoms with Crippen LogP contribution >= 0.6 is 0 Å². The molecule has 1 aliphatic carbocycles. The van der Waals surface area contributed by atoms with Gasteiger partial charge in [0.05, 0.1) is 6.26 Å². The Morgan fingerprint density at radius 2 is 2.00 bits per heavy atom. The maximum Gasteiger partial charge on any atom is 0.326 e. The number of nitrogens with zero attached hydrogens (tertiary/aromatic N) is 1. The van der Waals surface area contributed by atoms with Gasteiger partial charge in [-0.25, -0.2) is 4.79 Å². The van der Waals surface area contributed by atoms with Crippen LogP contribution in [-0.2, 0) is 4.79 Å². The number of carbonyl (C=O) groups excluding carboxylic acids is 1. The van der Waals surface area contributed by atoms with Crippen molar-refractivity contribution in [3.63, 3.8) is 0 Å². The summed E-state index contributed by atoms with van der Waals surface area (Å²) in [4.78, 5) is 26.0. The van der Waals surface area contributed by atoms with Crippen molar-refractivity contribution in [3.05, 3.63) is 23.7 Å². The van der Waals surface area contributed by atoms with E-state index in [-0.39, 0.29) is 17.7 Å². The summed E-state index contributed by atoms with van der Waals surface area (Å²) < 4.78 is 5.30. The molecule has 114 valence electrons. The number of carboxylic acids is 1. The number of hydrogen-bond donors (Lipinski definition) is 1. The second kappa shape index (κ2) is 5.54. The monoisotopic (exact) mass is 291 g/mol. The molecular formula is C16H21NO4. The molecule has 1 saturated carbocycles. The van der Waals surface area contributed by atoms with Gasteiger partial charge in [-0.05, 0) is 44.6 Å². The molecule has 3 unspecified atom stereocenters. The van der Waals surface area contributed by atoms with Gasteiger partial charge in [-0.1, -0.05) is 12.8 Å². The van der Waals surface area contributed by atoms with Gasteiger partial charge in [-0.15, -0.1) is 0 Å². The summed E-state index contributed by atoms with van der Waals surface area (Å²) in [5.74, 6) is -0.445. The summed E-state index contributed by atoms with van der Waals surface area (Å²) in [5, 5.41) is 9.49. The van der Waals surface area contributed by atoms with Crippen LogP contribution in [0.5, 0.6) is 0 Å². The van der Waals surface area contributed by atoms with Crippen molar-refractivity contribution in [2.75, 3.05) is 0 Å². The van der Waals surface area contributed by atoms with Gasteiger partial charge in [0.2, 0.25) is 0 Å². The van der Waals surface area contributed by atoms with Crippen molar-refractivity contribution in [1.82, 2.24) is 4.90 Å². The number of carboxylic acid groups (broad SMARTS) is 1. The summed E-state index contributed by atoms with van der Waals surface area (Å²) in [6.07, 6.45) is 7.18. The topological polar surface area (TPSA) is 70.8 Å². The third-order valence-electron chi connectivity index (χ3n) is 4.95. The molecule has 0 aromatic carbocycles. The predicted molar refractivity (Wildman–Crippen MR) is 76.0 cm³/mol. The number of piperidine rings is 1. The molecule has 1 saturated heterocycles. The zero-order chi connectivity index (χ0) is 15.0. The summed E-state index contributed by atoms with van der Waals surface area (Å²) in [6, 6.07) is 1.07. The van der Waals surface area contributed by atoms with E-state index in [2.05, 4.69) is 0 Å². The Kier molecular flexibility index (Phi) is 3.74. The Morgan fingerprint density at radius 3 is 2.67 bits per heavy atom. The van der Waals surface area contributed by atoms with Gasteiger partial charge < -0.3 is 14.4 Å². The van der Waals surface area contributed by atoms with Gasteiger partial charge in [-0.2, -0.15) is 0 Å². The highest BCUT2D eigenvalue weighted by Gasteiger charge is 2.44. The molecule has 5 heteroatoms. The Hall–Kier alpha value is -1.78. The molecule has 1 aromatic rings. The summed E-state index contributed by atoms with van der Waals surface area (Å²) in [5.41, 5.74) is 0.766. The SMILES string of the molecule is Cc1ccoc1C(=O)N1C(C(=O)O)CCC2CCCCC21. The lowest BCUT2D eigenvalue weighted by Gasteiger charge is -2.46. The summed E-state index contributed by atoms with van der Waals surface area (Å²) >= 11 is 0. The average Bonchev–Trinajstić information content (AvgIpc) is 2.91. The van der Waals surface area contributed by atoms with Gasteiger partial charge >= 0.3 is 5.97 Å². The van der Waals surface area contributed by atoms with Crippen molar-refractivity contribution in [2.24, 2.45) is 5.92 Å². The Balaban J connectivity index is 1.94. The second-order valence-corrected chi connectivity index (χ2v) is 6.19. The number of furan rings is 1. The van der Waals surface area contributed by atoms with Gasteiger partial charge in [0.1, 0.15) is 6.04 Å². The number of likely N-dealkylation sites (tertiary alicyclic amines) is 1. The smallest absolute Gasteiger partial charge is 0.326 e. The fraction of sp³-hybridized carbons (Fsp3) is 0.625. The van der Waals surface area contributed by atoms with Crippen LogP contribution in [0, 0.1) is 12.8 Å². The number of hydrogen-bond acceptors (Lipinski definition) is 3. The van der Waals surface area contributed by atoms with Gasteiger partial charge in [-0.3, -0.25) is 4.79 Å². The minimum atomic E-state index is -0.906. The van der Waals surface area contributed by atoms with E-state index in [9.17, 15) is 14.7 Å². The van der Waals surface area contributed by atoms with Crippen LogP contribution in [-0.4, -0.2) is 34.0 Å². The standard InChI is InChI=1S/C16H21NO4/c1-10-8-9-21-14(10)15(18)17-12-5-3-2-4-11(12)6-7-13(17)16(19)20/h8-9,11-13H,2-7H2,1H3,(H,19,20). The first-order chi connectivity index (χ1) is 10.1. The molecule has 0 spiro atoms. The Bertz CT molecular complexity index is 550. The highest BCUT2D eigenvalue weighted by Crippen LogP contribution is 2.39. The molecule has 0 radical (unpaired) electrons. The predicted octanol–water partition coefficient (Wildman–Crippen LogP) is 2.84. The quantitative estimate of drug-likeness (QED) is 0.909. The van der Waals surface area contributed by atoms with Crippen LogP contribution in [0.1, 0.15) is 54.6 Å². The maximum atomic E-state index is 12.8. The molecule has 1 amide bonds. The maximum absolute atomic E-state index is 12.8. The Morgan fingerprint density at radius 1 is 1.24 bits per heavy atom. The van der Waals surface area contributed by atoms with Gasteiger partial charge in [0, 0.05) is 11.6 Å². The normalized spacial score (nSPS) is 29.0. The highest BCUT2D eigenvalue weighted by molar-refractivity contribution is 5.95. The van der Waals surface area contributed by atoms with E-state index in [1.807, 2.05) is 6.92 Å². The van der Waals surface area contributed by atoms with E-state index >= 15 is 0 Å². The third-order valence-corrected chi connectivity index (χ3v) is 4.95. The molecule has 5 nitrogen and oxygen atoms in total. The zero-order valence-corrected chi connectivity index (χ0v) is 12.2. The lowest BCUT2D eigenvalue weighted by molar-refractivity contribution is -0.146. The van der Waals surface area contributed by atoms with Crippen LogP contribution in [0.15, 0.2) is 16.7 Å². The molecule has 2 aliphatic rings. The van der Waals surface area contributed by atoms with Gasteiger partial charge in [0.25, 0.3) is 5.91 Å². The summed E-state index contributed by atoms with van der Waals surface area (Å²) in [6.45, 7) is 1.81. The number of rotatable bonds is 2. The molecular weight excluding hydrogens is 270 g/mol. The van der Waals surface area contributed by atoms with E-state index in [1.54, 1.807) is 11.0 Å². The fourth-order valence-corrected chi connectivity index (χ4v) is 3.88. The molecule has 1 N–H and O–H groups in total. The van der Waals surface area contributed by atoms with Crippen LogP contribution < -0.4 is 0 Å². The lowest BCUT2D eigenvalue weighted by Crippen LogP contribution is -2.57. The highest BCUT2D eigenvalue weighted by atomic mass is 16.4. The largest absolute Gasteiger partial charge is 0.480 e. The minimum Gasteiger partial charge on any atom is -0.480 e. The van der Waals surface area contributed by atoms with Crippen molar-refractivity contribution < 1.29 is 19.1 Å². The summed E-state index contributed by atoms with van der Waals surface area (Å²) in [7, 11) is 0. The van der Waals surface area contributed by atoms with E-state index in [1.165, 1.54) is 12.7 Å².